The molecule has 4 atom stereocenters. The number of thioether (sulfide) groups is 1. The summed E-state index contributed by atoms with van der Waals surface area (Å²) in [5, 5.41) is 12.7. The molecule has 2 saturated carbocycles. The number of hydrogen-bond donors (Lipinski definition) is 1. The van der Waals surface area contributed by atoms with E-state index in [1.165, 1.54) is 25.7 Å². The third-order valence-corrected chi connectivity index (χ3v) is 6.53. The maximum Gasteiger partial charge on any atom is 0.238 e. The van der Waals surface area contributed by atoms with Crippen LogP contribution in [0.2, 0.25) is 0 Å². The third-order valence-electron chi connectivity index (χ3n) is 5.52. The lowest BCUT2D eigenvalue weighted by atomic mass is 9.57. The molecule has 0 aromatic heterocycles. The van der Waals surface area contributed by atoms with E-state index in [4.69, 9.17) is 5.26 Å². The number of rotatable bonds is 3. The van der Waals surface area contributed by atoms with Crippen LogP contribution >= 0.6 is 11.8 Å². The topological polar surface area (TPSA) is 56.1 Å². The van der Waals surface area contributed by atoms with Crippen LogP contribution in [-0.4, -0.2) is 40.6 Å². The molecule has 3 unspecified atom stereocenters. The van der Waals surface area contributed by atoms with E-state index < -0.39 is 0 Å². The number of hydrogen-bond acceptors (Lipinski definition) is 4. The zero-order chi connectivity index (χ0) is 14.4. The van der Waals surface area contributed by atoms with Crippen molar-refractivity contribution in [2.45, 2.75) is 43.7 Å². The molecular weight excluding hydrogens is 282 g/mol. The van der Waals surface area contributed by atoms with E-state index in [1.54, 1.807) is 22.2 Å². The Morgan fingerprint density at radius 1 is 1.57 bits per heavy atom. The molecule has 1 N–H and O–H groups in total. The molecule has 0 aromatic rings. The molecule has 3 fully saturated rings. The first-order valence-electron chi connectivity index (χ1n) is 7.89. The molecule has 0 spiro atoms. The molecule has 5 aliphatic rings. The Morgan fingerprint density at radius 3 is 3.24 bits per heavy atom. The van der Waals surface area contributed by atoms with Gasteiger partial charge in [-0.3, -0.25) is 4.79 Å². The molecule has 21 heavy (non-hydrogen) atoms. The second-order valence-electron chi connectivity index (χ2n) is 7.12. The van der Waals surface area contributed by atoms with Crippen molar-refractivity contribution < 1.29 is 4.79 Å². The molecule has 1 heterocycles. The van der Waals surface area contributed by atoms with Gasteiger partial charge in [0.15, 0.2) is 0 Å². The van der Waals surface area contributed by atoms with E-state index in [-0.39, 0.29) is 17.5 Å². The van der Waals surface area contributed by atoms with Gasteiger partial charge in [0, 0.05) is 11.3 Å². The van der Waals surface area contributed by atoms with Crippen molar-refractivity contribution >= 4 is 17.7 Å². The summed E-state index contributed by atoms with van der Waals surface area (Å²) in [4.78, 5) is 14.1. The number of nitrogens with zero attached hydrogens (tertiary/aromatic N) is 2. The average Bonchev–Trinajstić information content (AvgIpc) is 2.92. The van der Waals surface area contributed by atoms with Crippen molar-refractivity contribution in [1.29, 1.82) is 5.26 Å². The fourth-order valence-electron chi connectivity index (χ4n) is 4.86. The highest BCUT2D eigenvalue weighted by atomic mass is 32.2. The molecule has 1 aliphatic heterocycles. The van der Waals surface area contributed by atoms with Gasteiger partial charge in [0.05, 0.1) is 18.5 Å². The van der Waals surface area contributed by atoms with Gasteiger partial charge in [-0.25, -0.2) is 0 Å². The first-order valence-corrected chi connectivity index (χ1v) is 9.04. The number of amides is 1. The molecule has 1 saturated heterocycles. The minimum absolute atomic E-state index is 0.0938. The van der Waals surface area contributed by atoms with Gasteiger partial charge in [0.25, 0.3) is 0 Å². The normalized spacial score (nSPS) is 40.2. The zero-order valence-corrected chi connectivity index (χ0v) is 13.0. The molecular formula is C16H21N3OS. The first-order chi connectivity index (χ1) is 10.2. The highest BCUT2D eigenvalue weighted by Crippen LogP contribution is 2.52. The molecule has 4 nitrogen and oxygen atoms in total. The van der Waals surface area contributed by atoms with Gasteiger partial charge in [-0.15, -0.1) is 11.8 Å². The lowest BCUT2D eigenvalue weighted by Crippen LogP contribution is -2.57. The Balaban J connectivity index is 1.40. The van der Waals surface area contributed by atoms with Gasteiger partial charge in [0.2, 0.25) is 5.91 Å². The molecule has 0 aromatic carbocycles. The second kappa shape index (κ2) is 5.03. The highest BCUT2D eigenvalue weighted by Gasteiger charge is 2.47. The van der Waals surface area contributed by atoms with Crippen molar-refractivity contribution in [2.75, 3.05) is 18.2 Å². The predicted molar refractivity (Wildman–Crippen MR) is 82.5 cm³/mol. The smallest absolute Gasteiger partial charge is 0.238 e. The summed E-state index contributed by atoms with van der Waals surface area (Å²) in [6.45, 7) is 0.394. The summed E-state index contributed by atoms with van der Waals surface area (Å²) in [6.07, 6.45) is 8.67. The Bertz CT molecular complexity index is 540. The van der Waals surface area contributed by atoms with Gasteiger partial charge in [-0.2, -0.15) is 5.26 Å². The number of nitriles is 1. The SMILES string of the molecule is N#C[C@H]1CSCN1C(=O)CNC12CC3=CC(CC(C3)C1)C2. The highest BCUT2D eigenvalue weighted by molar-refractivity contribution is 7.99. The maximum absolute atomic E-state index is 12.4. The summed E-state index contributed by atoms with van der Waals surface area (Å²) in [7, 11) is 0. The van der Waals surface area contributed by atoms with Gasteiger partial charge >= 0.3 is 0 Å². The van der Waals surface area contributed by atoms with Crippen LogP contribution in [0.1, 0.15) is 32.1 Å². The van der Waals surface area contributed by atoms with Gasteiger partial charge in [-0.1, -0.05) is 11.6 Å². The minimum atomic E-state index is -0.233. The van der Waals surface area contributed by atoms with Crippen LogP contribution in [0.5, 0.6) is 0 Å². The molecule has 4 aliphatic carbocycles. The molecule has 5 rings (SSSR count). The van der Waals surface area contributed by atoms with E-state index in [0.717, 1.165) is 24.0 Å². The van der Waals surface area contributed by atoms with Crippen LogP contribution in [0.25, 0.3) is 0 Å². The van der Waals surface area contributed by atoms with E-state index in [9.17, 15) is 4.79 Å². The Labute approximate surface area is 129 Å². The van der Waals surface area contributed by atoms with Gasteiger partial charge in [-0.05, 0) is 43.9 Å². The summed E-state index contributed by atoms with van der Waals surface area (Å²) >= 11 is 1.67. The van der Waals surface area contributed by atoms with Crippen LogP contribution in [0.15, 0.2) is 11.6 Å². The van der Waals surface area contributed by atoms with E-state index in [1.807, 2.05) is 0 Å². The number of allylic oxidation sites excluding steroid dienone is 1. The van der Waals surface area contributed by atoms with Crippen LogP contribution in [0, 0.1) is 23.2 Å². The van der Waals surface area contributed by atoms with Crippen molar-refractivity contribution in [3.8, 4) is 6.07 Å². The van der Waals surface area contributed by atoms with Crippen molar-refractivity contribution in [3.05, 3.63) is 11.6 Å². The predicted octanol–water partition coefficient (Wildman–Crippen LogP) is 1.89. The standard InChI is InChI=1S/C16H21N3OS/c17-7-14-9-21-10-19(14)15(20)8-18-16-4-11-1-12(5-16)3-13(2-11)6-16/h1,11,13-14,18H,2-6,8-10H2/t11?,13?,14-,16?/m0/s1. The number of carbonyl (C=O) groups excluding carboxylic acids is 1. The fraction of sp³-hybridized carbons (Fsp3) is 0.750. The fourth-order valence-corrected chi connectivity index (χ4v) is 5.97. The van der Waals surface area contributed by atoms with Crippen LogP contribution in [0.4, 0.5) is 0 Å². The van der Waals surface area contributed by atoms with Crippen molar-refractivity contribution in [3.63, 3.8) is 0 Å². The van der Waals surface area contributed by atoms with Crippen LogP contribution in [-0.2, 0) is 4.79 Å². The number of nitrogens with one attached hydrogen (secondary N) is 1. The van der Waals surface area contributed by atoms with Gasteiger partial charge in [0.1, 0.15) is 6.04 Å². The molecule has 5 heteroatoms. The molecule has 1 amide bonds. The zero-order valence-electron chi connectivity index (χ0n) is 12.2. The average molecular weight is 303 g/mol. The van der Waals surface area contributed by atoms with E-state index >= 15 is 0 Å². The quantitative estimate of drug-likeness (QED) is 0.809. The summed E-state index contributed by atoms with van der Waals surface area (Å²) in [5.41, 5.74) is 1.78. The van der Waals surface area contributed by atoms with E-state index in [2.05, 4.69) is 17.5 Å². The first kappa shape index (κ1) is 13.7. The summed E-state index contributed by atoms with van der Waals surface area (Å²) in [5.74, 6) is 3.08. The Morgan fingerprint density at radius 2 is 2.48 bits per heavy atom. The largest absolute Gasteiger partial charge is 0.315 e. The number of carbonyl (C=O) groups is 1. The summed E-state index contributed by atoms with van der Waals surface area (Å²) < 4.78 is 0. The maximum atomic E-state index is 12.4. The summed E-state index contributed by atoms with van der Waals surface area (Å²) in [6, 6.07) is 2.00. The third kappa shape index (κ3) is 2.39. The van der Waals surface area contributed by atoms with Gasteiger partial charge < -0.3 is 10.2 Å². The monoisotopic (exact) mass is 303 g/mol. The van der Waals surface area contributed by atoms with Crippen molar-refractivity contribution in [2.24, 2.45) is 11.8 Å². The minimum Gasteiger partial charge on any atom is -0.315 e. The van der Waals surface area contributed by atoms with Crippen LogP contribution < -0.4 is 5.32 Å². The lowest BCUT2D eigenvalue weighted by molar-refractivity contribution is -0.130. The van der Waals surface area contributed by atoms with Crippen LogP contribution in [0.3, 0.4) is 0 Å². The lowest BCUT2D eigenvalue weighted by Gasteiger charge is -2.53. The second-order valence-corrected chi connectivity index (χ2v) is 8.12. The van der Waals surface area contributed by atoms with Crippen molar-refractivity contribution in [1.82, 2.24) is 10.2 Å². The Hall–Kier alpha value is -0.990. The molecule has 4 bridgehead atoms. The Kier molecular flexibility index (Phi) is 3.27. The molecule has 0 radical (unpaired) electrons. The molecule has 112 valence electrons. The van der Waals surface area contributed by atoms with E-state index in [0.29, 0.717) is 12.4 Å².